The van der Waals surface area contributed by atoms with Gasteiger partial charge in [0, 0.05) is 5.92 Å². The molecule has 2 aliphatic carbocycles. The highest BCUT2D eigenvalue weighted by molar-refractivity contribution is 6.02. The van der Waals surface area contributed by atoms with Gasteiger partial charge in [0.1, 0.15) is 0 Å². The summed E-state index contributed by atoms with van der Waals surface area (Å²) in [7, 11) is 0. The fraction of sp³-hybridized carbons (Fsp3) is 0.417. The van der Waals surface area contributed by atoms with Gasteiger partial charge in [-0.15, -0.1) is 0 Å². The van der Waals surface area contributed by atoms with Gasteiger partial charge in [0.15, 0.2) is 5.78 Å². The highest BCUT2D eigenvalue weighted by Crippen LogP contribution is 2.57. The Morgan fingerprint density at radius 1 is 1.31 bits per heavy atom. The third-order valence-electron chi connectivity index (χ3n) is 3.56. The molecule has 66 valence electrons. The van der Waals surface area contributed by atoms with E-state index in [2.05, 4.69) is 12.1 Å². The fourth-order valence-corrected chi connectivity index (χ4v) is 2.64. The van der Waals surface area contributed by atoms with Crippen LogP contribution in [0, 0.1) is 0 Å². The van der Waals surface area contributed by atoms with Crippen molar-refractivity contribution in [3.63, 3.8) is 0 Å². The molecule has 0 heterocycles. The van der Waals surface area contributed by atoms with Gasteiger partial charge in [0.25, 0.3) is 0 Å². The molecule has 0 radical (unpaired) electrons. The van der Waals surface area contributed by atoms with E-state index in [0.29, 0.717) is 5.78 Å². The minimum atomic E-state index is -0.0317. The fourth-order valence-electron chi connectivity index (χ4n) is 2.64. The predicted octanol–water partition coefficient (Wildman–Crippen LogP) is 2.40. The molecule has 1 nitrogen and oxygen atoms in total. The third-order valence-corrected chi connectivity index (χ3v) is 3.56. The van der Waals surface area contributed by atoms with E-state index >= 15 is 0 Å². The molecule has 1 atom stereocenters. The van der Waals surface area contributed by atoms with E-state index in [4.69, 9.17) is 0 Å². The zero-order valence-electron chi connectivity index (χ0n) is 7.71. The van der Waals surface area contributed by atoms with Crippen molar-refractivity contribution in [2.24, 2.45) is 0 Å². The molecule has 1 fully saturated rings. The number of hydrogen-bond donors (Lipinski definition) is 0. The van der Waals surface area contributed by atoms with E-state index in [-0.39, 0.29) is 11.3 Å². The summed E-state index contributed by atoms with van der Waals surface area (Å²) < 4.78 is 0. The Hall–Kier alpha value is -1.11. The molecular weight excluding hydrogens is 160 g/mol. The molecule has 0 aromatic heterocycles. The molecule has 2 aliphatic rings. The molecular formula is C12H12O. The lowest BCUT2D eigenvalue weighted by Crippen LogP contribution is -2.15. The molecule has 0 amide bonds. The van der Waals surface area contributed by atoms with Gasteiger partial charge in [0.05, 0.1) is 5.41 Å². The second kappa shape index (κ2) is 2.03. The summed E-state index contributed by atoms with van der Waals surface area (Å²) in [5, 5.41) is 0. The average Bonchev–Trinajstić information content (AvgIpc) is 2.93. The lowest BCUT2D eigenvalue weighted by Gasteiger charge is -2.04. The number of hydrogen-bond acceptors (Lipinski definition) is 1. The summed E-state index contributed by atoms with van der Waals surface area (Å²) in [6, 6.07) is 8.31. The summed E-state index contributed by atoms with van der Waals surface area (Å²) in [6.45, 7) is 2.04. The lowest BCUT2D eigenvalue weighted by molar-refractivity contribution is -0.121. The van der Waals surface area contributed by atoms with Crippen LogP contribution in [-0.4, -0.2) is 5.78 Å². The topological polar surface area (TPSA) is 17.1 Å². The molecule has 0 aliphatic heterocycles. The van der Waals surface area contributed by atoms with Crippen LogP contribution in [0.15, 0.2) is 24.3 Å². The SMILES string of the molecule is CC1C(=O)C2(CC2)c2ccccc21. The van der Waals surface area contributed by atoms with Gasteiger partial charge >= 0.3 is 0 Å². The van der Waals surface area contributed by atoms with Crippen molar-refractivity contribution in [3.8, 4) is 0 Å². The van der Waals surface area contributed by atoms with Gasteiger partial charge < -0.3 is 0 Å². The molecule has 13 heavy (non-hydrogen) atoms. The van der Waals surface area contributed by atoms with E-state index in [1.807, 2.05) is 19.1 Å². The van der Waals surface area contributed by atoms with E-state index < -0.39 is 0 Å². The lowest BCUT2D eigenvalue weighted by atomic mass is 9.97. The van der Waals surface area contributed by atoms with Crippen molar-refractivity contribution >= 4 is 5.78 Å². The zero-order chi connectivity index (χ0) is 9.05. The minimum Gasteiger partial charge on any atom is -0.298 e. The van der Waals surface area contributed by atoms with E-state index in [1.54, 1.807) is 0 Å². The summed E-state index contributed by atoms with van der Waals surface area (Å²) in [6.07, 6.45) is 2.15. The maximum atomic E-state index is 11.9. The first-order chi connectivity index (χ1) is 6.26. The average molecular weight is 172 g/mol. The van der Waals surface area contributed by atoms with Crippen LogP contribution in [0.5, 0.6) is 0 Å². The maximum Gasteiger partial charge on any atom is 0.150 e. The molecule has 3 rings (SSSR count). The maximum absolute atomic E-state index is 11.9. The quantitative estimate of drug-likeness (QED) is 0.587. The third kappa shape index (κ3) is 0.707. The second-order valence-corrected chi connectivity index (χ2v) is 4.26. The van der Waals surface area contributed by atoms with Crippen LogP contribution in [0.4, 0.5) is 0 Å². The molecule has 1 heteroatoms. The smallest absolute Gasteiger partial charge is 0.150 e. The monoisotopic (exact) mass is 172 g/mol. The number of fused-ring (bicyclic) bond motifs is 2. The molecule has 0 bridgehead atoms. The van der Waals surface area contributed by atoms with Crippen molar-refractivity contribution < 1.29 is 4.79 Å². The van der Waals surface area contributed by atoms with E-state index in [1.165, 1.54) is 11.1 Å². The van der Waals surface area contributed by atoms with Crippen LogP contribution < -0.4 is 0 Å². The Labute approximate surface area is 77.8 Å². The van der Waals surface area contributed by atoms with Gasteiger partial charge in [0.2, 0.25) is 0 Å². The number of carbonyl (C=O) groups is 1. The Morgan fingerprint density at radius 3 is 2.69 bits per heavy atom. The molecule has 1 aromatic rings. The second-order valence-electron chi connectivity index (χ2n) is 4.26. The zero-order valence-corrected chi connectivity index (χ0v) is 7.71. The van der Waals surface area contributed by atoms with Crippen LogP contribution in [0.1, 0.15) is 36.8 Å². The largest absolute Gasteiger partial charge is 0.298 e. The van der Waals surface area contributed by atoms with Crippen LogP contribution in [0.2, 0.25) is 0 Å². The van der Waals surface area contributed by atoms with Crippen molar-refractivity contribution in [2.75, 3.05) is 0 Å². The molecule has 0 saturated heterocycles. The van der Waals surface area contributed by atoms with Crippen LogP contribution in [0.25, 0.3) is 0 Å². The number of benzene rings is 1. The van der Waals surface area contributed by atoms with Crippen molar-refractivity contribution in [3.05, 3.63) is 35.4 Å². The highest BCUT2D eigenvalue weighted by Gasteiger charge is 2.57. The first-order valence-corrected chi connectivity index (χ1v) is 4.89. The van der Waals surface area contributed by atoms with Gasteiger partial charge in [-0.25, -0.2) is 0 Å². The standard InChI is InChI=1S/C12H12O/c1-8-9-4-2-3-5-10(9)12(6-7-12)11(8)13/h2-5,8H,6-7H2,1H3. The molecule has 1 spiro atoms. The summed E-state index contributed by atoms with van der Waals surface area (Å²) >= 11 is 0. The minimum absolute atomic E-state index is 0.0317. The number of carbonyl (C=O) groups excluding carboxylic acids is 1. The van der Waals surface area contributed by atoms with Gasteiger partial charge in [-0.3, -0.25) is 4.79 Å². The van der Waals surface area contributed by atoms with Crippen LogP contribution in [0.3, 0.4) is 0 Å². The van der Waals surface area contributed by atoms with Gasteiger partial charge in [-0.1, -0.05) is 31.2 Å². The Morgan fingerprint density at radius 2 is 2.00 bits per heavy atom. The summed E-state index contributed by atoms with van der Waals surface area (Å²) in [5.41, 5.74) is 2.55. The van der Waals surface area contributed by atoms with Crippen molar-refractivity contribution in [2.45, 2.75) is 31.1 Å². The number of ketones is 1. The van der Waals surface area contributed by atoms with Crippen molar-refractivity contribution in [1.82, 2.24) is 0 Å². The predicted molar refractivity (Wildman–Crippen MR) is 50.8 cm³/mol. The van der Waals surface area contributed by atoms with Crippen molar-refractivity contribution in [1.29, 1.82) is 0 Å². The summed E-state index contributed by atoms with van der Waals surface area (Å²) in [5.74, 6) is 0.590. The van der Waals surface area contributed by atoms with Crippen LogP contribution in [-0.2, 0) is 10.2 Å². The first kappa shape index (κ1) is 7.31. The van der Waals surface area contributed by atoms with E-state index in [0.717, 1.165) is 12.8 Å². The first-order valence-electron chi connectivity index (χ1n) is 4.89. The highest BCUT2D eigenvalue weighted by atomic mass is 16.1. The molecule has 1 aromatic carbocycles. The Bertz CT molecular complexity index is 388. The molecule has 1 unspecified atom stereocenters. The normalized spacial score (nSPS) is 27.8. The number of Topliss-reactive ketones (excluding diaryl/α,β-unsaturated/α-hetero) is 1. The van der Waals surface area contributed by atoms with Crippen LogP contribution >= 0.6 is 0 Å². The number of rotatable bonds is 0. The molecule has 0 N–H and O–H groups in total. The Balaban J connectivity index is 2.27. The van der Waals surface area contributed by atoms with E-state index in [9.17, 15) is 4.79 Å². The Kier molecular flexibility index (Phi) is 1.14. The van der Waals surface area contributed by atoms with Gasteiger partial charge in [-0.05, 0) is 24.0 Å². The summed E-state index contributed by atoms with van der Waals surface area (Å²) in [4.78, 5) is 11.9. The molecule has 1 saturated carbocycles. The van der Waals surface area contributed by atoms with Gasteiger partial charge in [-0.2, -0.15) is 0 Å².